The van der Waals surface area contributed by atoms with E-state index in [1.807, 2.05) is 48.5 Å². The highest BCUT2D eigenvalue weighted by atomic mass is 32.2. The number of hydrogen-bond acceptors (Lipinski definition) is 4. The first-order chi connectivity index (χ1) is 13.8. The van der Waals surface area contributed by atoms with Gasteiger partial charge in [-0.25, -0.2) is 4.98 Å². The van der Waals surface area contributed by atoms with Crippen LogP contribution >= 0.6 is 11.8 Å². The zero-order valence-electron chi connectivity index (χ0n) is 15.6. The van der Waals surface area contributed by atoms with Gasteiger partial charge in [0, 0.05) is 36.4 Å². The summed E-state index contributed by atoms with van der Waals surface area (Å²) in [5.41, 5.74) is 1.89. The van der Waals surface area contributed by atoms with Crippen LogP contribution in [-0.2, 0) is 0 Å². The topological polar surface area (TPSA) is 45.2 Å². The Morgan fingerprint density at radius 2 is 1.79 bits per heavy atom. The molecule has 1 unspecified atom stereocenters. The molecule has 1 aliphatic heterocycles. The monoisotopic (exact) mass is 389 g/mol. The SMILES string of the molecule is O=C(NCC1CCN(c2ccccc2)C1)c1cccnc1Sc1ccccc1. The van der Waals surface area contributed by atoms with Gasteiger partial charge < -0.3 is 10.2 Å². The van der Waals surface area contributed by atoms with Gasteiger partial charge in [0.1, 0.15) is 5.03 Å². The van der Waals surface area contributed by atoms with E-state index < -0.39 is 0 Å². The first kappa shape index (κ1) is 18.6. The van der Waals surface area contributed by atoms with Crippen LogP contribution in [0.2, 0.25) is 0 Å². The van der Waals surface area contributed by atoms with Gasteiger partial charge in [-0.2, -0.15) is 0 Å². The van der Waals surface area contributed by atoms with E-state index in [0.717, 1.165) is 29.4 Å². The molecule has 1 aromatic heterocycles. The molecule has 1 fully saturated rings. The van der Waals surface area contributed by atoms with Crippen LogP contribution < -0.4 is 10.2 Å². The summed E-state index contributed by atoms with van der Waals surface area (Å²) in [6, 6.07) is 24.1. The van der Waals surface area contributed by atoms with Gasteiger partial charge >= 0.3 is 0 Å². The molecular formula is C23H23N3OS. The molecule has 1 atom stereocenters. The highest BCUT2D eigenvalue weighted by Crippen LogP contribution is 2.28. The first-order valence-corrected chi connectivity index (χ1v) is 10.4. The van der Waals surface area contributed by atoms with Crippen molar-refractivity contribution in [3.05, 3.63) is 84.6 Å². The Hall–Kier alpha value is -2.79. The van der Waals surface area contributed by atoms with Crippen molar-refractivity contribution in [1.82, 2.24) is 10.3 Å². The standard InChI is InChI=1S/C23H23N3OS/c27-22(21-12-7-14-24-23(21)28-20-10-5-2-6-11-20)25-16-18-13-15-26(17-18)19-8-3-1-4-9-19/h1-12,14,18H,13,15-17H2,(H,25,27). The molecule has 1 saturated heterocycles. The number of para-hydroxylation sites is 1. The van der Waals surface area contributed by atoms with Crippen molar-refractivity contribution in [1.29, 1.82) is 0 Å². The van der Waals surface area contributed by atoms with E-state index in [9.17, 15) is 4.79 Å². The molecule has 0 aliphatic carbocycles. The van der Waals surface area contributed by atoms with Gasteiger partial charge in [0.2, 0.25) is 0 Å². The summed E-state index contributed by atoms with van der Waals surface area (Å²) < 4.78 is 0. The van der Waals surface area contributed by atoms with Crippen molar-refractivity contribution in [2.24, 2.45) is 5.92 Å². The summed E-state index contributed by atoms with van der Waals surface area (Å²) in [6.07, 6.45) is 2.82. The third-order valence-electron chi connectivity index (χ3n) is 4.93. The number of pyridine rings is 1. The number of benzene rings is 2. The molecule has 28 heavy (non-hydrogen) atoms. The second-order valence-electron chi connectivity index (χ2n) is 6.92. The van der Waals surface area contributed by atoms with Gasteiger partial charge in [0.15, 0.2) is 0 Å². The minimum absolute atomic E-state index is 0.0512. The quantitative estimate of drug-likeness (QED) is 0.675. The van der Waals surface area contributed by atoms with Crippen LogP contribution in [0.25, 0.3) is 0 Å². The lowest BCUT2D eigenvalue weighted by atomic mass is 10.1. The summed E-state index contributed by atoms with van der Waals surface area (Å²) in [6.45, 7) is 2.70. The zero-order chi connectivity index (χ0) is 19.2. The largest absolute Gasteiger partial charge is 0.371 e. The predicted octanol–water partition coefficient (Wildman–Crippen LogP) is 4.49. The number of hydrogen-bond donors (Lipinski definition) is 1. The molecule has 4 nitrogen and oxygen atoms in total. The lowest BCUT2D eigenvalue weighted by molar-refractivity contribution is 0.0944. The lowest BCUT2D eigenvalue weighted by Crippen LogP contribution is -2.31. The maximum absolute atomic E-state index is 12.8. The summed E-state index contributed by atoms with van der Waals surface area (Å²) in [7, 11) is 0. The third kappa shape index (κ3) is 4.54. The van der Waals surface area contributed by atoms with Crippen LogP contribution in [0, 0.1) is 5.92 Å². The fourth-order valence-electron chi connectivity index (χ4n) is 3.45. The molecule has 4 rings (SSSR count). The van der Waals surface area contributed by atoms with Crippen LogP contribution in [0.1, 0.15) is 16.8 Å². The minimum atomic E-state index is -0.0512. The minimum Gasteiger partial charge on any atom is -0.371 e. The number of carbonyl (C=O) groups is 1. The molecule has 0 spiro atoms. The van der Waals surface area contributed by atoms with Gasteiger partial charge in [0.25, 0.3) is 5.91 Å². The van der Waals surface area contributed by atoms with E-state index in [4.69, 9.17) is 0 Å². The molecule has 0 radical (unpaired) electrons. The Morgan fingerprint density at radius 1 is 1.04 bits per heavy atom. The Kier molecular flexibility index (Phi) is 5.92. The van der Waals surface area contributed by atoms with Crippen molar-refractivity contribution in [3.8, 4) is 0 Å². The maximum Gasteiger partial charge on any atom is 0.254 e. The van der Waals surface area contributed by atoms with Crippen molar-refractivity contribution in [2.75, 3.05) is 24.5 Å². The number of aromatic nitrogens is 1. The molecule has 2 heterocycles. The Labute approximate surface area is 170 Å². The van der Waals surface area contributed by atoms with Crippen LogP contribution in [0.5, 0.6) is 0 Å². The fourth-order valence-corrected chi connectivity index (χ4v) is 4.35. The van der Waals surface area contributed by atoms with Gasteiger partial charge in [-0.1, -0.05) is 48.2 Å². The number of amides is 1. The normalized spacial score (nSPS) is 16.1. The van der Waals surface area contributed by atoms with Crippen molar-refractivity contribution < 1.29 is 4.79 Å². The molecule has 0 bridgehead atoms. The van der Waals surface area contributed by atoms with Crippen LogP contribution in [0.15, 0.2) is 88.9 Å². The Morgan fingerprint density at radius 3 is 2.57 bits per heavy atom. The van der Waals surface area contributed by atoms with E-state index in [2.05, 4.69) is 39.5 Å². The molecule has 142 valence electrons. The second-order valence-corrected chi connectivity index (χ2v) is 7.98. The van der Waals surface area contributed by atoms with Gasteiger partial charge in [-0.3, -0.25) is 4.79 Å². The average Bonchev–Trinajstić information content (AvgIpc) is 3.23. The number of rotatable bonds is 6. The fraction of sp³-hybridized carbons (Fsp3) is 0.217. The van der Waals surface area contributed by atoms with Crippen molar-refractivity contribution in [2.45, 2.75) is 16.3 Å². The van der Waals surface area contributed by atoms with Crippen LogP contribution in [-0.4, -0.2) is 30.5 Å². The Balaban J connectivity index is 1.36. The average molecular weight is 390 g/mol. The number of nitrogens with zero attached hydrogens (tertiary/aromatic N) is 2. The molecule has 2 aromatic carbocycles. The summed E-state index contributed by atoms with van der Waals surface area (Å²) >= 11 is 1.52. The van der Waals surface area contributed by atoms with E-state index in [-0.39, 0.29) is 5.91 Å². The summed E-state index contributed by atoms with van der Waals surface area (Å²) in [5.74, 6) is 0.413. The van der Waals surface area contributed by atoms with E-state index in [1.54, 1.807) is 6.20 Å². The third-order valence-corrected chi connectivity index (χ3v) is 5.96. The lowest BCUT2D eigenvalue weighted by Gasteiger charge is -2.18. The number of nitrogens with one attached hydrogen (secondary N) is 1. The molecule has 3 aromatic rings. The van der Waals surface area contributed by atoms with E-state index in [0.29, 0.717) is 18.0 Å². The van der Waals surface area contributed by atoms with Crippen molar-refractivity contribution >= 4 is 23.4 Å². The van der Waals surface area contributed by atoms with Crippen LogP contribution in [0.3, 0.4) is 0 Å². The first-order valence-electron chi connectivity index (χ1n) is 9.56. The molecule has 1 N–H and O–H groups in total. The molecule has 1 amide bonds. The molecule has 5 heteroatoms. The molecule has 1 aliphatic rings. The van der Waals surface area contributed by atoms with Crippen molar-refractivity contribution in [3.63, 3.8) is 0 Å². The highest BCUT2D eigenvalue weighted by molar-refractivity contribution is 7.99. The maximum atomic E-state index is 12.8. The Bertz CT molecular complexity index is 917. The zero-order valence-corrected chi connectivity index (χ0v) is 16.4. The predicted molar refractivity (Wildman–Crippen MR) is 114 cm³/mol. The van der Waals surface area contributed by atoms with Crippen LogP contribution in [0.4, 0.5) is 5.69 Å². The van der Waals surface area contributed by atoms with E-state index in [1.165, 1.54) is 17.4 Å². The summed E-state index contributed by atoms with van der Waals surface area (Å²) in [5, 5.41) is 3.86. The molecular weight excluding hydrogens is 366 g/mol. The smallest absolute Gasteiger partial charge is 0.254 e. The highest BCUT2D eigenvalue weighted by Gasteiger charge is 2.23. The van der Waals surface area contributed by atoms with E-state index >= 15 is 0 Å². The number of carbonyl (C=O) groups excluding carboxylic acids is 1. The van der Waals surface area contributed by atoms with Gasteiger partial charge in [-0.15, -0.1) is 0 Å². The second kappa shape index (κ2) is 8.93. The number of anilines is 1. The summed E-state index contributed by atoms with van der Waals surface area (Å²) in [4.78, 5) is 20.7. The van der Waals surface area contributed by atoms with Gasteiger partial charge in [0.05, 0.1) is 5.56 Å². The van der Waals surface area contributed by atoms with Gasteiger partial charge in [-0.05, 0) is 48.7 Å². The molecule has 0 saturated carbocycles.